The lowest BCUT2D eigenvalue weighted by Gasteiger charge is -2.34. The molecule has 1 fully saturated rings. The summed E-state index contributed by atoms with van der Waals surface area (Å²) in [5.41, 5.74) is 0.0357. The molecule has 0 bridgehead atoms. The predicted molar refractivity (Wildman–Crippen MR) is 69.8 cm³/mol. The molecule has 2 N–H and O–H groups in total. The molecule has 0 aliphatic carbocycles. The van der Waals surface area contributed by atoms with Crippen LogP contribution in [0.3, 0.4) is 0 Å². The molecule has 0 aromatic heterocycles. The van der Waals surface area contributed by atoms with Crippen molar-refractivity contribution in [1.29, 1.82) is 0 Å². The van der Waals surface area contributed by atoms with Gasteiger partial charge in [0.2, 0.25) is 10.0 Å². The number of alkyl halides is 1. The van der Waals surface area contributed by atoms with E-state index in [2.05, 4.69) is 17.0 Å². The van der Waals surface area contributed by atoms with E-state index in [1.807, 2.05) is 0 Å². The highest BCUT2D eigenvalue weighted by atomic mass is 35.5. The predicted octanol–water partition coefficient (Wildman–Crippen LogP) is 1.08. The third kappa shape index (κ3) is 6.55. The second-order valence-corrected chi connectivity index (χ2v) is 6.67. The average Bonchev–Trinajstić information content (AvgIpc) is 2.25. The molecule has 7 heteroatoms. The molecule has 17 heavy (non-hydrogen) atoms. The van der Waals surface area contributed by atoms with Gasteiger partial charge in [0.05, 0.1) is 12.4 Å². The van der Waals surface area contributed by atoms with E-state index in [9.17, 15) is 12.8 Å². The van der Waals surface area contributed by atoms with Crippen molar-refractivity contribution in [2.45, 2.75) is 26.2 Å². The van der Waals surface area contributed by atoms with Gasteiger partial charge in [0, 0.05) is 6.54 Å². The Balaban J connectivity index is 0.00000256. The third-order valence-electron chi connectivity index (χ3n) is 3.08. The summed E-state index contributed by atoms with van der Waals surface area (Å²) >= 11 is 0. The Kier molecular flexibility index (Phi) is 7.55. The van der Waals surface area contributed by atoms with Crippen LogP contribution in [0.15, 0.2) is 0 Å². The van der Waals surface area contributed by atoms with Crippen molar-refractivity contribution in [3.05, 3.63) is 0 Å². The highest BCUT2D eigenvalue weighted by Crippen LogP contribution is 2.26. The second kappa shape index (κ2) is 7.51. The fourth-order valence-electron chi connectivity index (χ4n) is 1.81. The van der Waals surface area contributed by atoms with Gasteiger partial charge in [-0.15, -0.1) is 12.4 Å². The van der Waals surface area contributed by atoms with Crippen LogP contribution in [0, 0.1) is 5.41 Å². The first-order valence-electron chi connectivity index (χ1n) is 5.71. The third-order valence-corrected chi connectivity index (χ3v) is 4.49. The van der Waals surface area contributed by atoms with E-state index in [0.29, 0.717) is 6.54 Å². The monoisotopic (exact) mass is 288 g/mol. The van der Waals surface area contributed by atoms with Crippen LogP contribution in [-0.4, -0.2) is 40.5 Å². The standard InChI is InChI=1S/C10H21FN2O2S.ClH/c1-10(3-6-12-7-4-10)9-13-16(14,15)8-2-5-11;/h12-13H,2-9H2,1H3;1H. The number of hydrogen-bond donors (Lipinski definition) is 2. The number of sulfonamides is 1. The number of nitrogens with one attached hydrogen (secondary N) is 2. The van der Waals surface area contributed by atoms with Crippen LogP contribution in [0.4, 0.5) is 4.39 Å². The topological polar surface area (TPSA) is 58.2 Å². The average molecular weight is 289 g/mol. The lowest BCUT2D eigenvalue weighted by molar-refractivity contribution is 0.232. The molecule has 1 aliphatic heterocycles. The van der Waals surface area contributed by atoms with E-state index in [-0.39, 0.29) is 30.0 Å². The summed E-state index contributed by atoms with van der Waals surface area (Å²) in [7, 11) is -3.29. The number of hydrogen-bond acceptors (Lipinski definition) is 3. The lowest BCUT2D eigenvalue weighted by Crippen LogP contribution is -2.43. The summed E-state index contributed by atoms with van der Waals surface area (Å²) in [5, 5.41) is 3.24. The van der Waals surface area contributed by atoms with Crippen LogP contribution >= 0.6 is 12.4 Å². The van der Waals surface area contributed by atoms with Crippen molar-refractivity contribution >= 4 is 22.4 Å². The van der Waals surface area contributed by atoms with Gasteiger partial charge >= 0.3 is 0 Å². The molecule has 1 heterocycles. The molecule has 0 amide bonds. The van der Waals surface area contributed by atoms with Gasteiger partial charge in [-0.3, -0.25) is 4.39 Å². The zero-order valence-electron chi connectivity index (χ0n) is 10.2. The first kappa shape index (κ1) is 17.1. The van der Waals surface area contributed by atoms with Crippen LogP contribution < -0.4 is 10.0 Å². The summed E-state index contributed by atoms with van der Waals surface area (Å²) in [6, 6.07) is 0. The van der Waals surface area contributed by atoms with E-state index in [1.54, 1.807) is 0 Å². The van der Waals surface area contributed by atoms with E-state index >= 15 is 0 Å². The van der Waals surface area contributed by atoms with Crippen molar-refractivity contribution in [3.8, 4) is 0 Å². The minimum atomic E-state index is -3.29. The maximum absolute atomic E-state index is 11.9. The van der Waals surface area contributed by atoms with Gasteiger partial charge in [0.25, 0.3) is 0 Å². The summed E-state index contributed by atoms with van der Waals surface area (Å²) in [6.07, 6.45) is 2.02. The Labute approximate surface area is 109 Å². The van der Waals surface area contributed by atoms with Crippen LogP contribution in [0.5, 0.6) is 0 Å². The molecule has 0 radical (unpaired) electrons. The SMILES string of the molecule is CC1(CNS(=O)(=O)CCCF)CCNCC1.Cl. The van der Waals surface area contributed by atoms with E-state index in [4.69, 9.17) is 0 Å². The van der Waals surface area contributed by atoms with Crippen molar-refractivity contribution in [2.75, 3.05) is 32.1 Å². The first-order chi connectivity index (χ1) is 7.47. The lowest BCUT2D eigenvalue weighted by atomic mass is 9.81. The summed E-state index contributed by atoms with van der Waals surface area (Å²) in [5.74, 6) is -0.113. The molecule has 104 valence electrons. The molecular weight excluding hydrogens is 267 g/mol. The molecule has 0 atom stereocenters. The van der Waals surface area contributed by atoms with E-state index in [0.717, 1.165) is 25.9 Å². The summed E-state index contributed by atoms with van der Waals surface area (Å²) in [4.78, 5) is 0. The Hall–Kier alpha value is 0.0900. The van der Waals surface area contributed by atoms with Gasteiger partial charge < -0.3 is 5.32 Å². The van der Waals surface area contributed by atoms with Gasteiger partial charge in [0.15, 0.2) is 0 Å². The van der Waals surface area contributed by atoms with Gasteiger partial charge in [-0.2, -0.15) is 0 Å². The Bertz CT molecular complexity index is 305. The first-order valence-corrected chi connectivity index (χ1v) is 7.37. The highest BCUT2D eigenvalue weighted by molar-refractivity contribution is 7.89. The molecule has 0 aromatic rings. The van der Waals surface area contributed by atoms with Crippen LogP contribution in [0.2, 0.25) is 0 Å². The van der Waals surface area contributed by atoms with Crippen molar-refractivity contribution < 1.29 is 12.8 Å². The molecule has 1 rings (SSSR count). The number of piperidine rings is 1. The Morgan fingerprint density at radius 3 is 2.47 bits per heavy atom. The summed E-state index contributed by atoms with van der Waals surface area (Å²) < 4.78 is 37.4. The van der Waals surface area contributed by atoms with Crippen molar-refractivity contribution in [1.82, 2.24) is 10.0 Å². The van der Waals surface area contributed by atoms with Gasteiger partial charge in [-0.05, 0) is 37.8 Å². The zero-order valence-corrected chi connectivity index (χ0v) is 11.8. The van der Waals surface area contributed by atoms with Gasteiger partial charge in [-0.25, -0.2) is 13.1 Å². The van der Waals surface area contributed by atoms with E-state index < -0.39 is 16.7 Å². The maximum Gasteiger partial charge on any atom is 0.211 e. The molecule has 0 unspecified atom stereocenters. The van der Waals surface area contributed by atoms with Gasteiger partial charge in [-0.1, -0.05) is 6.92 Å². The molecule has 1 saturated heterocycles. The Morgan fingerprint density at radius 2 is 1.94 bits per heavy atom. The quantitative estimate of drug-likeness (QED) is 0.769. The van der Waals surface area contributed by atoms with Crippen LogP contribution in [0.25, 0.3) is 0 Å². The molecular formula is C10H22ClFN2O2S. The molecule has 0 aromatic carbocycles. The minimum absolute atomic E-state index is 0. The highest BCUT2D eigenvalue weighted by Gasteiger charge is 2.27. The van der Waals surface area contributed by atoms with Crippen molar-refractivity contribution in [2.24, 2.45) is 5.41 Å². The molecule has 1 aliphatic rings. The van der Waals surface area contributed by atoms with Crippen LogP contribution in [0.1, 0.15) is 26.2 Å². The zero-order chi connectivity index (χ0) is 12.1. The van der Waals surface area contributed by atoms with Crippen molar-refractivity contribution in [3.63, 3.8) is 0 Å². The summed E-state index contributed by atoms with van der Waals surface area (Å²) in [6.45, 7) is 3.84. The van der Waals surface area contributed by atoms with E-state index in [1.165, 1.54) is 0 Å². The largest absolute Gasteiger partial charge is 0.317 e. The smallest absolute Gasteiger partial charge is 0.211 e. The maximum atomic E-state index is 11.9. The molecule has 4 nitrogen and oxygen atoms in total. The second-order valence-electron chi connectivity index (χ2n) is 4.74. The van der Waals surface area contributed by atoms with Gasteiger partial charge in [0.1, 0.15) is 0 Å². The normalized spacial score (nSPS) is 19.6. The van der Waals surface area contributed by atoms with Crippen LogP contribution in [-0.2, 0) is 10.0 Å². The minimum Gasteiger partial charge on any atom is -0.317 e. The molecule has 0 saturated carbocycles. The molecule has 0 spiro atoms. The fraction of sp³-hybridized carbons (Fsp3) is 1.00. The number of rotatable bonds is 6. The number of halogens is 2. The Morgan fingerprint density at radius 1 is 1.35 bits per heavy atom. The fourth-order valence-corrected chi connectivity index (χ4v) is 3.01.